The third-order valence-corrected chi connectivity index (χ3v) is 4.04. The van der Waals surface area contributed by atoms with Gasteiger partial charge in [0, 0.05) is 43.2 Å². The molecule has 7 heteroatoms. The van der Waals surface area contributed by atoms with E-state index in [1.165, 1.54) is 25.5 Å². The van der Waals surface area contributed by atoms with Gasteiger partial charge in [-0.25, -0.2) is 4.98 Å². The highest BCUT2D eigenvalue weighted by Crippen LogP contribution is 2.33. The molecule has 0 bridgehead atoms. The number of benzene rings is 1. The van der Waals surface area contributed by atoms with E-state index in [0.717, 1.165) is 12.0 Å². The molecule has 0 spiro atoms. The number of anilines is 1. The predicted octanol–water partition coefficient (Wildman–Crippen LogP) is 2.09. The largest absolute Gasteiger partial charge is 0.373 e. The topological polar surface area (TPSA) is 93.2 Å². The third kappa shape index (κ3) is 4.39. The number of aromatic nitrogens is 2. The summed E-state index contributed by atoms with van der Waals surface area (Å²) in [6, 6.07) is 7.57. The highest BCUT2D eigenvalue weighted by atomic mass is 16.5. The predicted molar refractivity (Wildman–Crippen MR) is 92.0 cm³/mol. The lowest BCUT2D eigenvalue weighted by atomic mass is 9.96. The normalized spacial score (nSPS) is 19.9. The van der Waals surface area contributed by atoms with Gasteiger partial charge in [-0.2, -0.15) is 0 Å². The number of para-hydroxylation sites is 1. The molecule has 0 radical (unpaired) electrons. The van der Waals surface area contributed by atoms with Crippen LogP contribution in [0.15, 0.2) is 42.9 Å². The van der Waals surface area contributed by atoms with E-state index in [1.54, 1.807) is 0 Å². The molecule has 1 saturated heterocycles. The molecule has 0 aliphatic carbocycles. The van der Waals surface area contributed by atoms with Crippen LogP contribution in [0.3, 0.4) is 0 Å². The molecule has 2 atom stereocenters. The standard InChI is InChI=1S/C18H20N4O3/c1-12(23)21-13-6-9-25-17(10-13)14-4-2-3-5-15(14)22-18(24)16-11-19-7-8-20-16/h2-5,7-8,11,13,17H,6,9-10H2,1H3,(H,21,23)(H,22,24)/t13-,17+/m1/s1. The molecule has 1 aromatic carbocycles. The summed E-state index contributed by atoms with van der Waals surface area (Å²) in [6.07, 6.45) is 5.67. The van der Waals surface area contributed by atoms with Crippen LogP contribution in [0, 0.1) is 0 Å². The number of nitrogens with zero attached hydrogens (tertiary/aromatic N) is 2. The van der Waals surface area contributed by atoms with E-state index >= 15 is 0 Å². The maximum atomic E-state index is 12.3. The van der Waals surface area contributed by atoms with E-state index in [1.807, 2.05) is 24.3 Å². The van der Waals surface area contributed by atoms with Gasteiger partial charge in [-0.05, 0) is 18.9 Å². The van der Waals surface area contributed by atoms with Crippen LogP contribution < -0.4 is 10.6 Å². The lowest BCUT2D eigenvalue weighted by molar-refractivity contribution is -0.120. The summed E-state index contributed by atoms with van der Waals surface area (Å²) in [5.41, 5.74) is 1.81. The SMILES string of the molecule is CC(=O)N[C@@H]1CCO[C@H](c2ccccc2NC(=O)c2cnccn2)C1. The van der Waals surface area contributed by atoms with Crippen LogP contribution in [0.5, 0.6) is 0 Å². The number of amides is 2. The average Bonchev–Trinajstić information content (AvgIpc) is 2.62. The molecular weight excluding hydrogens is 320 g/mol. The maximum Gasteiger partial charge on any atom is 0.275 e. The summed E-state index contributed by atoms with van der Waals surface area (Å²) in [5.74, 6) is -0.371. The zero-order valence-corrected chi connectivity index (χ0v) is 13.9. The second-order valence-corrected chi connectivity index (χ2v) is 5.91. The molecule has 25 heavy (non-hydrogen) atoms. The van der Waals surface area contributed by atoms with Gasteiger partial charge in [0.15, 0.2) is 0 Å². The van der Waals surface area contributed by atoms with Gasteiger partial charge in [0.05, 0.1) is 12.3 Å². The molecule has 2 heterocycles. The van der Waals surface area contributed by atoms with E-state index in [2.05, 4.69) is 20.6 Å². The van der Waals surface area contributed by atoms with E-state index < -0.39 is 0 Å². The summed E-state index contributed by atoms with van der Waals surface area (Å²) in [5, 5.41) is 5.81. The number of hydrogen-bond donors (Lipinski definition) is 2. The first kappa shape index (κ1) is 17.0. The smallest absolute Gasteiger partial charge is 0.275 e. The number of carbonyl (C=O) groups excluding carboxylic acids is 2. The number of carbonyl (C=O) groups is 2. The lowest BCUT2D eigenvalue weighted by Crippen LogP contribution is -2.38. The van der Waals surface area contributed by atoms with Crippen LogP contribution in [-0.2, 0) is 9.53 Å². The fourth-order valence-corrected chi connectivity index (χ4v) is 2.93. The monoisotopic (exact) mass is 340 g/mol. The van der Waals surface area contributed by atoms with Gasteiger partial charge in [-0.3, -0.25) is 14.6 Å². The molecule has 2 amide bonds. The lowest BCUT2D eigenvalue weighted by Gasteiger charge is -2.31. The molecule has 3 rings (SSSR count). The molecule has 0 saturated carbocycles. The molecule has 1 fully saturated rings. The molecule has 1 aromatic heterocycles. The number of hydrogen-bond acceptors (Lipinski definition) is 5. The highest BCUT2D eigenvalue weighted by Gasteiger charge is 2.26. The van der Waals surface area contributed by atoms with Crippen LogP contribution in [-0.4, -0.2) is 34.4 Å². The second kappa shape index (κ2) is 7.85. The minimum atomic E-state index is -0.324. The van der Waals surface area contributed by atoms with Gasteiger partial charge in [-0.1, -0.05) is 18.2 Å². The Labute approximate surface area is 145 Å². The number of ether oxygens (including phenoxy) is 1. The Hall–Kier alpha value is -2.80. The zero-order chi connectivity index (χ0) is 17.6. The number of nitrogens with one attached hydrogen (secondary N) is 2. The van der Waals surface area contributed by atoms with Gasteiger partial charge in [0.25, 0.3) is 5.91 Å². The van der Waals surface area contributed by atoms with Gasteiger partial charge in [-0.15, -0.1) is 0 Å². The van der Waals surface area contributed by atoms with Crippen LogP contribution >= 0.6 is 0 Å². The molecule has 1 aliphatic rings. The molecular formula is C18H20N4O3. The Balaban J connectivity index is 1.76. The van der Waals surface area contributed by atoms with Gasteiger partial charge in [0.1, 0.15) is 5.69 Å². The van der Waals surface area contributed by atoms with E-state index in [4.69, 9.17) is 4.74 Å². The van der Waals surface area contributed by atoms with Crippen LogP contribution in [0.25, 0.3) is 0 Å². The van der Waals surface area contributed by atoms with Gasteiger partial charge < -0.3 is 15.4 Å². The van der Waals surface area contributed by atoms with E-state index in [9.17, 15) is 9.59 Å². The van der Waals surface area contributed by atoms with Crippen molar-refractivity contribution in [2.75, 3.05) is 11.9 Å². The fraction of sp³-hybridized carbons (Fsp3) is 0.333. The highest BCUT2D eigenvalue weighted by molar-refractivity contribution is 6.03. The van der Waals surface area contributed by atoms with Crippen molar-refractivity contribution >= 4 is 17.5 Å². The van der Waals surface area contributed by atoms with Crippen molar-refractivity contribution in [2.45, 2.75) is 31.9 Å². The molecule has 0 unspecified atom stereocenters. The minimum Gasteiger partial charge on any atom is -0.373 e. The Morgan fingerprint density at radius 1 is 1.24 bits per heavy atom. The van der Waals surface area contributed by atoms with Crippen LogP contribution in [0.4, 0.5) is 5.69 Å². The first-order chi connectivity index (χ1) is 12.1. The molecule has 130 valence electrons. The quantitative estimate of drug-likeness (QED) is 0.889. The Morgan fingerprint density at radius 2 is 2.08 bits per heavy atom. The molecule has 2 aromatic rings. The number of rotatable bonds is 4. The van der Waals surface area contributed by atoms with Crippen molar-refractivity contribution in [2.24, 2.45) is 0 Å². The van der Waals surface area contributed by atoms with Crippen molar-refractivity contribution in [3.8, 4) is 0 Å². The van der Waals surface area contributed by atoms with Crippen molar-refractivity contribution in [3.05, 3.63) is 54.1 Å². The fourth-order valence-electron chi connectivity index (χ4n) is 2.93. The van der Waals surface area contributed by atoms with Gasteiger partial charge >= 0.3 is 0 Å². The first-order valence-electron chi connectivity index (χ1n) is 8.18. The minimum absolute atomic E-state index is 0.0464. The van der Waals surface area contributed by atoms with E-state index in [-0.39, 0.29) is 29.7 Å². The van der Waals surface area contributed by atoms with Crippen molar-refractivity contribution < 1.29 is 14.3 Å². The van der Waals surface area contributed by atoms with Crippen LogP contribution in [0.2, 0.25) is 0 Å². The first-order valence-corrected chi connectivity index (χ1v) is 8.18. The van der Waals surface area contributed by atoms with Crippen LogP contribution in [0.1, 0.15) is 41.9 Å². The third-order valence-electron chi connectivity index (χ3n) is 4.04. The summed E-state index contributed by atoms with van der Waals surface area (Å²) in [4.78, 5) is 31.6. The summed E-state index contributed by atoms with van der Waals surface area (Å²) >= 11 is 0. The molecule has 7 nitrogen and oxygen atoms in total. The maximum absolute atomic E-state index is 12.3. The van der Waals surface area contributed by atoms with Crippen molar-refractivity contribution in [1.29, 1.82) is 0 Å². The summed E-state index contributed by atoms with van der Waals surface area (Å²) < 4.78 is 5.87. The average molecular weight is 340 g/mol. The van der Waals surface area contributed by atoms with Crippen molar-refractivity contribution in [3.63, 3.8) is 0 Å². The van der Waals surface area contributed by atoms with Gasteiger partial charge in [0.2, 0.25) is 5.91 Å². The Kier molecular flexibility index (Phi) is 5.35. The van der Waals surface area contributed by atoms with Crippen molar-refractivity contribution in [1.82, 2.24) is 15.3 Å². The Bertz CT molecular complexity index is 751. The molecule has 1 aliphatic heterocycles. The molecule has 2 N–H and O–H groups in total. The summed E-state index contributed by atoms with van der Waals surface area (Å²) in [7, 11) is 0. The summed E-state index contributed by atoms with van der Waals surface area (Å²) in [6.45, 7) is 2.07. The Morgan fingerprint density at radius 3 is 2.84 bits per heavy atom. The second-order valence-electron chi connectivity index (χ2n) is 5.91. The van der Waals surface area contributed by atoms with E-state index in [0.29, 0.717) is 18.7 Å². The zero-order valence-electron chi connectivity index (χ0n) is 13.9.